The lowest BCUT2D eigenvalue weighted by Gasteiger charge is -2.40. The number of aromatic nitrogens is 1. The molecule has 4 aliphatic rings. The maximum Gasteiger partial charge on any atom is 0.0755 e. The largest absolute Gasteiger partial charge is 0.355 e. The fourth-order valence-electron chi connectivity index (χ4n) is 22.4. The molecule has 3 nitrogen and oxygen atoms in total. The van der Waals surface area contributed by atoms with E-state index in [1.165, 1.54) is 192 Å². The molecule has 26 rings (SSSR count). The van der Waals surface area contributed by atoms with Gasteiger partial charge in [-0.1, -0.05) is 376 Å². The Labute approximate surface area is 695 Å². The summed E-state index contributed by atoms with van der Waals surface area (Å²) in [6, 6.07) is 167. The van der Waals surface area contributed by atoms with Gasteiger partial charge in [0.25, 0.3) is 0 Å². The van der Waals surface area contributed by atoms with Crippen molar-refractivity contribution < 1.29 is 0 Å². The second-order valence-corrected chi connectivity index (χ2v) is 32.8. The molecule has 1 atom stereocenters. The van der Waals surface area contributed by atoms with E-state index in [-0.39, 0.29) is 0 Å². The molecule has 558 valence electrons. The van der Waals surface area contributed by atoms with Gasteiger partial charge in [0.1, 0.15) is 0 Å². The zero-order valence-electron chi connectivity index (χ0n) is 65.6. The Bertz CT molecular complexity index is 7870. The SMILES string of the molecule is c1ccc(C2(c3ccccc3)c3ccccc3-c3ccc(N(c4ccc5c(c4)C4(c6ccccc6-5)c5ccccc5-n5c6ccccc6c6cccc4c65)c4ccc5c6ccccc6c6ccccc6c5c4)cc32)cc1.c1ccc(C2(c3ccccc3)c3ccccc3-c3ccc(Nc4ccc5c6ccccc6c6ccccc6c5c4)cc32)cc1. The first-order valence-corrected chi connectivity index (χ1v) is 41.9. The van der Waals surface area contributed by atoms with Crippen LogP contribution in [-0.2, 0) is 16.2 Å². The minimum atomic E-state index is -0.609. The van der Waals surface area contributed by atoms with E-state index in [1.807, 2.05) is 0 Å². The fraction of sp³-hybridized carbons (Fsp3) is 0.0256. The predicted molar refractivity (Wildman–Crippen MR) is 502 cm³/mol. The lowest BCUT2D eigenvalue weighted by atomic mass is 9.65. The van der Waals surface area contributed by atoms with Crippen molar-refractivity contribution in [2.45, 2.75) is 16.2 Å². The highest BCUT2D eigenvalue weighted by Gasteiger charge is 2.52. The molecule has 1 N–H and O–H groups in total. The molecule has 120 heavy (non-hydrogen) atoms. The van der Waals surface area contributed by atoms with Gasteiger partial charge in [-0.05, 0) is 238 Å². The van der Waals surface area contributed by atoms with Gasteiger partial charge in [-0.2, -0.15) is 0 Å². The van der Waals surface area contributed by atoms with Crippen molar-refractivity contribution in [3.05, 3.63) is 516 Å². The summed E-state index contributed by atoms with van der Waals surface area (Å²) >= 11 is 0. The summed E-state index contributed by atoms with van der Waals surface area (Å²) in [7, 11) is 0. The number of rotatable bonds is 9. The van der Waals surface area contributed by atoms with Gasteiger partial charge in [0, 0.05) is 39.2 Å². The molecule has 0 fully saturated rings. The Morgan fingerprint density at radius 2 is 0.492 bits per heavy atom. The van der Waals surface area contributed by atoms with Gasteiger partial charge in [0.15, 0.2) is 0 Å². The normalized spacial score (nSPS) is 14.5. The van der Waals surface area contributed by atoms with Crippen molar-refractivity contribution in [2.24, 2.45) is 0 Å². The Balaban J connectivity index is 0.000000154. The van der Waals surface area contributed by atoms with Crippen LogP contribution in [0.4, 0.5) is 28.4 Å². The molecule has 2 heterocycles. The van der Waals surface area contributed by atoms with Gasteiger partial charge in [0.2, 0.25) is 0 Å². The summed E-state index contributed by atoms with van der Waals surface area (Å²) in [6.07, 6.45) is 0. The van der Waals surface area contributed by atoms with Crippen molar-refractivity contribution in [1.82, 2.24) is 4.57 Å². The maximum absolute atomic E-state index is 3.81. The fourth-order valence-corrected chi connectivity index (χ4v) is 22.4. The molecule has 22 aromatic rings. The molecule has 21 aromatic carbocycles. The standard InChI is InChI=1S/C74H46N2.C43H29N/c1-3-20-47(21-4-1)73(48-22-5-2-6-23-48)64-32-14-11-28-57(64)59-42-39-50(45-68(59)73)75(49-38-41-56-54-26-8-7-24-52(54)53-25-9-10-27-55(53)63(56)44-49)51-40-43-60-58-29-12-15-33-65(58)74(69(60)46-51)66-34-16-18-37-71(66)76-70-36-17-13-30-61(70)62-31-19-35-67(74)72(62)76;1-3-13-29(14-4-1)43(30-15-5-2-6-16-30)41-22-12-11-21-38(41)39-26-24-32(28-42(39)43)44-31-23-25-37-35-19-8-7-17-33(35)34-18-9-10-20-36(34)40(37)27-31/h1-46H;1-28,44H. The van der Waals surface area contributed by atoms with Crippen LogP contribution in [0.1, 0.15) is 66.8 Å². The lowest BCUT2D eigenvalue weighted by Crippen LogP contribution is -2.33. The molecule has 3 aliphatic carbocycles. The zero-order valence-corrected chi connectivity index (χ0v) is 65.6. The topological polar surface area (TPSA) is 20.2 Å². The van der Waals surface area contributed by atoms with E-state index < -0.39 is 16.2 Å². The van der Waals surface area contributed by atoms with Crippen molar-refractivity contribution in [2.75, 3.05) is 10.2 Å². The highest BCUT2D eigenvalue weighted by atomic mass is 15.1. The van der Waals surface area contributed by atoms with Gasteiger partial charge in [-0.25, -0.2) is 0 Å². The molecule has 0 saturated carbocycles. The molecule has 0 radical (unpaired) electrons. The zero-order chi connectivity index (χ0) is 78.8. The Morgan fingerprint density at radius 3 is 0.983 bits per heavy atom. The molecule has 3 heteroatoms. The highest BCUT2D eigenvalue weighted by Crippen LogP contribution is 2.64. The van der Waals surface area contributed by atoms with E-state index in [0.29, 0.717) is 0 Å². The van der Waals surface area contributed by atoms with Crippen LogP contribution in [0.3, 0.4) is 0 Å². The first kappa shape index (κ1) is 67.9. The number of hydrogen-bond acceptors (Lipinski definition) is 2. The minimum absolute atomic E-state index is 0.412. The lowest BCUT2D eigenvalue weighted by molar-refractivity contribution is 0.748. The molecule has 1 aromatic heterocycles. The van der Waals surface area contributed by atoms with Crippen molar-refractivity contribution in [1.29, 1.82) is 0 Å². The average Bonchev–Trinajstić information content (AvgIpc) is 1.30. The Kier molecular flexibility index (Phi) is 14.9. The van der Waals surface area contributed by atoms with E-state index in [0.717, 1.165) is 28.4 Å². The summed E-state index contributed by atoms with van der Waals surface area (Å²) in [4.78, 5) is 2.55. The molecular weight excluding hydrogens is 1450 g/mol. The van der Waals surface area contributed by atoms with Crippen molar-refractivity contribution >= 4 is 115 Å². The van der Waals surface area contributed by atoms with Crippen LogP contribution < -0.4 is 10.2 Å². The monoisotopic (exact) mass is 1520 g/mol. The van der Waals surface area contributed by atoms with Gasteiger partial charge in [-0.15, -0.1) is 0 Å². The van der Waals surface area contributed by atoms with E-state index in [9.17, 15) is 0 Å². The van der Waals surface area contributed by atoms with E-state index in [1.54, 1.807) is 0 Å². The molecule has 0 saturated heterocycles. The maximum atomic E-state index is 3.81. The molecule has 0 bridgehead atoms. The highest BCUT2D eigenvalue weighted by molar-refractivity contribution is 6.27. The summed E-state index contributed by atoms with van der Waals surface area (Å²) in [5.41, 5.74) is 30.7. The van der Waals surface area contributed by atoms with E-state index >= 15 is 0 Å². The minimum Gasteiger partial charge on any atom is -0.355 e. The van der Waals surface area contributed by atoms with Crippen LogP contribution in [0, 0.1) is 0 Å². The molecule has 1 spiro atoms. The number of nitrogens with one attached hydrogen (secondary N) is 1. The number of benzene rings is 21. The number of para-hydroxylation sites is 3. The first-order valence-electron chi connectivity index (χ1n) is 41.9. The van der Waals surface area contributed by atoms with Crippen LogP contribution in [-0.4, -0.2) is 4.57 Å². The van der Waals surface area contributed by atoms with Crippen LogP contribution in [0.2, 0.25) is 0 Å². The van der Waals surface area contributed by atoms with Crippen LogP contribution in [0.15, 0.2) is 449 Å². The van der Waals surface area contributed by atoms with Gasteiger partial charge >= 0.3 is 0 Å². The molecule has 1 aliphatic heterocycles. The van der Waals surface area contributed by atoms with Crippen molar-refractivity contribution in [3.8, 4) is 39.1 Å². The Morgan fingerprint density at radius 1 is 0.183 bits per heavy atom. The molecule has 1 unspecified atom stereocenters. The summed E-state index contributed by atoms with van der Waals surface area (Å²) < 4.78 is 2.54. The molecule has 0 amide bonds. The van der Waals surface area contributed by atoms with Crippen LogP contribution in [0.5, 0.6) is 0 Å². The summed E-state index contributed by atoms with van der Waals surface area (Å²) in [6.45, 7) is 0. The first-order chi connectivity index (χ1) is 59.5. The predicted octanol–water partition coefficient (Wildman–Crippen LogP) is 30.0. The molecular formula is C117H75N3. The third-order valence-electron chi connectivity index (χ3n) is 27.1. The number of nitrogens with zero attached hydrogens (tertiary/aromatic N) is 2. The second-order valence-electron chi connectivity index (χ2n) is 32.8. The van der Waals surface area contributed by atoms with Crippen molar-refractivity contribution in [3.63, 3.8) is 0 Å². The van der Waals surface area contributed by atoms with Gasteiger partial charge in [0.05, 0.1) is 33.0 Å². The Hall–Kier alpha value is -15.4. The second kappa shape index (κ2) is 26.3. The number of fused-ring (bicyclic) bond motifs is 30. The van der Waals surface area contributed by atoms with E-state index in [2.05, 4.69) is 464 Å². The van der Waals surface area contributed by atoms with Gasteiger partial charge in [-0.3, -0.25) is 0 Å². The third-order valence-corrected chi connectivity index (χ3v) is 27.1. The quantitative estimate of drug-likeness (QED) is 0.145. The number of anilines is 5. The van der Waals surface area contributed by atoms with E-state index in [4.69, 9.17) is 0 Å². The summed E-state index contributed by atoms with van der Waals surface area (Å²) in [5, 5.41) is 21.6. The van der Waals surface area contributed by atoms with Crippen LogP contribution >= 0.6 is 0 Å². The smallest absolute Gasteiger partial charge is 0.0755 e. The number of hydrogen-bond donors (Lipinski definition) is 1. The van der Waals surface area contributed by atoms with Gasteiger partial charge < -0.3 is 14.8 Å². The van der Waals surface area contributed by atoms with Crippen LogP contribution in [0.25, 0.3) is 126 Å². The summed E-state index contributed by atoms with van der Waals surface area (Å²) in [5.74, 6) is 0. The average molecular weight is 1520 g/mol. The third kappa shape index (κ3) is 9.46.